The molecule has 7 rings (SSSR count). The average molecular weight is 805 g/mol. The van der Waals surface area contributed by atoms with Crippen molar-refractivity contribution in [3.05, 3.63) is 97.1 Å². The van der Waals surface area contributed by atoms with E-state index in [1.54, 1.807) is 28.4 Å². The van der Waals surface area contributed by atoms with Gasteiger partial charge >= 0.3 is 0 Å². The van der Waals surface area contributed by atoms with Gasteiger partial charge in [-0.1, -0.05) is 77.6 Å². The molecule has 0 radical (unpaired) electrons. The van der Waals surface area contributed by atoms with Gasteiger partial charge in [0.1, 0.15) is 23.0 Å². The monoisotopic (exact) mass is 804 g/mol. The largest absolute Gasteiger partial charge is 0.496 e. The van der Waals surface area contributed by atoms with Crippen LogP contribution in [0.1, 0.15) is 79.1 Å². The van der Waals surface area contributed by atoms with E-state index in [0.29, 0.717) is 0 Å². The fraction of sp³-hybridized carbons (Fsp3) is 0.370. The SMILES string of the molecule is CCCCN(CCCC)c1ccc(-c2cc3cc4c(cc(-c5ccc(N(CCCC)CCCC)cc5)c5c(OC)ccc(OC)c54)cc3c3c(OC)ccc(OC)c23)cc1. The van der Waals surface area contributed by atoms with Crippen LogP contribution in [-0.2, 0) is 0 Å². The molecule has 0 unspecified atom stereocenters. The lowest BCUT2D eigenvalue weighted by molar-refractivity contribution is 0.411. The molecule has 6 nitrogen and oxygen atoms in total. The van der Waals surface area contributed by atoms with Crippen molar-refractivity contribution in [2.75, 3.05) is 64.4 Å². The molecule has 0 N–H and O–H groups in total. The van der Waals surface area contributed by atoms with E-state index in [1.165, 1.54) is 62.7 Å². The number of unbranched alkanes of at least 4 members (excludes halogenated alkanes) is 4. The number of anilines is 2. The zero-order valence-electron chi connectivity index (χ0n) is 37.3. The Bertz CT molecular complexity index is 2350. The van der Waals surface area contributed by atoms with Crippen molar-refractivity contribution in [1.29, 1.82) is 0 Å². The molecule has 0 amide bonds. The first-order valence-corrected chi connectivity index (χ1v) is 22.3. The predicted octanol–water partition coefficient (Wildman–Crippen LogP) is 14.5. The second-order valence-electron chi connectivity index (χ2n) is 16.1. The lowest BCUT2D eigenvalue weighted by Crippen LogP contribution is -2.25. The van der Waals surface area contributed by atoms with Gasteiger partial charge in [-0.25, -0.2) is 0 Å². The molecule has 0 aromatic heterocycles. The zero-order valence-corrected chi connectivity index (χ0v) is 37.3. The maximum Gasteiger partial charge on any atom is 0.127 e. The van der Waals surface area contributed by atoms with Crippen molar-refractivity contribution in [3.63, 3.8) is 0 Å². The molecule has 0 aliphatic rings. The topological polar surface area (TPSA) is 43.4 Å². The number of hydrogen-bond acceptors (Lipinski definition) is 6. The van der Waals surface area contributed by atoms with Gasteiger partial charge in [0, 0.05) is 59.1 Å². The van der Waals surface area contributed by atoms with Crippen molar-refractivity contribution in [3.8, 4) is 45.3 Å². The number of nitrogens with zero attached hydrogens (tertiary/aromatic N) is 2. The third-order valence-corrected chi connectivity index (χ3v) is 12.2. The summed E-state index contributed by atoms with van der Waals surface area (Å²) >= 11 is 0. The van der Waals surface area contributed by atoms with Gasteiger partial charge in [-0.2, -0.15) is 0 Å². The highest BCUT2D eigenvalue weighted by Crippen LogP contribution is 2.49. The summed E-state index contributed by atoms with van der Waals surface area (Å²) < 4.78 is 24.6. The number of benzene rings is 7. The highest BCUT2D eigenvalue weighted by molar-refractivity contribution is 6.25. The number of methoxy groups -OCH3 is 4. The van der Waals surface area contributed by atoms with Crippen molar-refractivity contribution in [2.45, 2.75) is 79.1 Å². The van der Waals surface area contributed by atoms with E-state index in [1.807, 2.05) is 24.3 Å². The summed E-state index contributed by atoms with van der Waals surface area (Å²) in [6.45, 7) is 13.3. The second-order valence-corrected chi connectivity index (χ2v) is 16.1. The Morgan fingerprint density at radius 1 is 0.367 bits per heavy atom. The summed E-state index contributed by atoms with van der Waals surface area (Å²) in [5, 5.41) is 8.56. The Morgan fingerprint density at radius 3 is 0.950 bits per heavy atom. The van der Waals surface area contributed by atoms with Crippen LogP contribution < -0.4 is 28.7 Å². The molecule has 60 heavy (non-hydrogen) atoms. The number of ether oxygens (including phenoxy) is 4. The van der Waals surface area contributed by atoms with Gasteiger partial charge in [0.05, 0.1) is 28.4 Å². The molecule has 6 heteroatoms. The summed E-state index contributed by atoms with van der Waals surface area (Å²) in [5.41, 5.74) is 7.01. The van der Waals surface area contributed by atoms with E-state index in [2.05, 4.69) is 110 Å². The van der Waals surface area contributed by atoms with Crippen LogP contribution in [0, 0.1) is 0 Å². The number of hydrogen-bond donors (Lipinski definition) is 0. The van der Waals surface area contributed by atoms with Crippen molar-refractivity contribution in [1.82, 2.24) is 0 Å². The summed E-state index contributed by atoms with van der Waals surface area (Å²) in [4.78, 5) is 5.08. The standard InChI is InChI=1S/C54H64N2O4/c1-9-13-29-55(30-14-10-2)41-21-17-37(18-22-41)43-33-39-35-46-40(36-45(39)53-49(59-7)27-25-47(57-5)51(43)53)34-44(52-48(58-6)26-28-50(60-8)54(46)52)38-19-23-42(24-20-38)56(31-15-11-3)32-16-12-4/h17-28,33-36H,9-16,29-32H2,1-8H3. The first-order valence-electron chi connectivity index (χ1n) is 22.3. The molecule has 0 saturated carbocycles. The van der Waals surface area contributed by atoms with Gasteiger partial charge in [-0.15, -0.1) is 0 Å². The molecule has 314 valence electrons. The molecular weight excluding hydrogens is 741 g/mol. The quantitative estimate of drug-likeness (QED) is 0.0565. The van der Waals surface area contributed by atoms with Crippen LogP contribution in [0.5, 0.6) is 23.0 Å². The van der Waals surface area contributed by atoms with Gasteiger partial charge in [-0.3, -0.25) is 0 Å². The molecule has 0 saturated heterocycles. The van der Waals surface area contributed by atoms with Crippen LogP contribution in [0.2, 0.25) is 0 Å². The smallest absolute Gasteiger partial charge is 0.127 e. The minimum absolute atomic E-state index is 0.811. The van der Waals surface area contributed by atoms with Crippen LogP contribution in [0.15, 0.2) is 97.1 Å². The maximum absolute atomic E-state index is 6.17. The molecule has 0 aliphatic carbocycles. The highest BCUT2D eigenvalue weighted by Gasteiger charge is 2.22. The first kappa shape index (κ1) is 42.5. The molecular formula is C54H64N2O4. The lowest BCUT2D eigenvalue weighted by atomic mass is 9.87. The maximum atomic E-state index is 6.17. The number of fused-ring (bicyclic) bond motifs is 6. The minimum atomic E-state index is 0.811. The van der Waals surface area contributed by atoms with Crippen LogP contribution in [0.4, 0.5) is 11.4 Å². The van der Waals surface area contributed by atoms with Crippen LogP contribution in [0.3, 0.4) is 0 Å². The summed E-state index contributed by atoms with van der Waals surface area (Å²) in [6.07, 6.45) is 9.45. The molecule has 0 atom stereocenters. The van der Waals surface area contributed by atoms with Crippen LogP contribution >= 0.6 is 0 Å². The molecule has 0 spiro atoms. The Balaban J connectivity index is 1.48. The van der Waals surface area contributed by atoms with E-state index in [-0.39, 0.29) is 0 Å². The van der Waals surface area contributed by atoms with E-state index in [4.69, 9.17) is 18.9 Å². The second kappa shape index (κ2) is 19.6. The third kappa shape index (κ3) is 8.39. The molecule has 0 fully saturated rings. The molecule has 7 aromatic carbocycles. The highest BCUT2D eigenvalue weighted by atomic mass is 16.5. The van der Waals surface area contributed by atoms with Crippen molar-refractivity contribution in [2.24, 2.45) is 0 Å². The van der Waals surface area contributed by atoms with E-state index < -0.39 is 0 Å². The van der Waals surface area contributed by atoms with Crippen molar-refractivity contribution < 1.29 is 18.9 Å². The van der Waals surface area contributed by atoms with Gasteiger partial charge in [0.2, 0.25) is 0 Å². The van der Waals surface area contributed by atoms with Gasteiger partial charge in [0.15, 0.2) is 0 Å². The fourth-order valence-corrected chi connectivity index (χ4v) is 8.93. The summed E-state index contributed by atoms with van der Waals surface area (Å²) in [5.74, 6) is 3.25. The Morgan fingerprint density at radius 2 is 0.667 bits per heavy atom. The molecule has 0 heterocycles. The molecule has 7 aromatic rings. The predicted molar refractivity (Wildman–Crippen MR) is 258 cm³/mol. The van der Waals surface area contributed by atoms with E-state index in [0.717, 1.165) is 115 Å². The molecule has 0 bridgehead atoms. The van der Waals surface area contributed by atoms with Crippen molar-refractivity contribution >= 4 is 54.5 Å². The fourth-order valence-electron chi connectivity index (χ4n) is 8.93. The van der Waals surface area contributed by atoms with Crippen LogP contribution in [0.25, 0.3) is 65.3 Å². The van der Waals surface area contributed by atoms with Gasteiger partial charge < -0.3 is 28.7 Å². The third-order valence-electron chi connectivity index (χ3n) is 12.2. The number of rotatable bonds is 20. The normalized spacial score (nSPS) is 11.5. The lowest BCUT2D eigenvalue weighted by Gasteiger charge is -2.25. The first-order chi connectivity index (χ1) is 29.4. The summed E-state index contributed by atoms with van der Waals surface area (Å²) in [6, 6.07) is 35.7. The van der Waals surface area contributed by atoms with Crippen LogP contribution in [-0.4, -0.2) is 54.6 Å². The van der Waals surface area contributed by atoms with E-state index in [9.17, 15) is 0 Å². The summed E-state index contributed by atoms with van der Waals surface area (Å²) in [7, 11) is 7.03. The van der Waals surface area contributed by atoms with Gasteiger partial charge in [0.25, 0.3) is 0 Å². The van der Waals surface area contributed by atoms with E-state index >= 15 is 0 Å². The zero-order chi connectivity index (χ0) is 42.2. The average Bonchev–Trinajstić information content (AvgIpc) is 3.29. The Kier molecular flexibility index (Phi) is 13.9. The minimum Gasteiger partial charge on any atom is -0.496 e. The molecule has 0 aliphatic heterocycles. The van der Waals surface area contributed by atoms with Gasteiger partial charge in [-0.05, 0) is 142 Å². The Hall–Kier alpha value is -5.62. The Labute approximate surface area is 358 Å².